The van der Waals surface area contributed by atoms with Crippen LogP contribution in [-0.4, -0.2) is 22.6 Å². The zero-order valence-electron chi connectivity index (χ0n) is 11.9. The maximum atomic E-state index is 12.2. The van der Waals surface area contributed by atoms with Gasteiger partial charge in [0.2, 0.25) is 0 Å². The Bertz CT molecular complexity index is 475. The zero-order chi connectivity index (χ0) is 13.9. The molecule has 1 saturated carbocycles. The lowest BCUT2D eigenvalue weighted by molar-refractivity contribution is 0.331. The molecule has 0 saturated heterocycles. The number of hydrogen-bond acceptors (Lipinski definition) is 4. The largest absolute Gasteiger partial charge is 0.365 e. The normalized spacial score (nSPS) is 17.9. The maximum Gasteiger partial charge on any atom is 0.293 e. The Morgan fingerprint density at radius 3 is 2.74 bits per heavy atom. The molecule has 0 aromatic carbocycles. The van der Waals surface area contributed by atoms with Crippen molar-refractivity contribution in [1.29, 1.82) is 0 Å². The minimum absolute atomic E-state index is 0.0531. The second kappa shape index (κ2) is 5.74. The van der Waals surface area contributed by atoms with E-state index >= 15 is 0 Å². The highest BCUT2D eigenvalue weighted by Gasteiger charge is 2.32. The Kier molecular flexibility index (Phi) is 4.24. The van der Waals surface area contributed by atoms with Crippen LogP contribution in [0.15, 0.2) is 17.2 Å². The molecule has 0 atom stereocenters. The molecule has 5 heteroatoms. The van der Waals surface area contributed by atoms with Crippen LogP contribution in [0.3, 0.4) is 0 Å². The van der Waals surface area contributed by atoms with Gasteiger partial charge in [0.15, 0.2) is 5.82 Å². The topological polar surface area (TPSA) is 72.9 Å². The average molecular weight is 264 g/mol. The highest BCUT2D eigenvalue weighted by Crippen LogP contribution is 2.36. The molecule has 106 valence electrons. The monoisotopic (exact) mass is 264 g/mol. The molecule has 1 fully saturated rings. The molecule has 1 aliphatic carbocycles. The van der Waals surface area contributed by atoms with Crippen molar-refractivity contribution in [2.75, 3.05) is 18.4 Å². The average Bonchev–Trinajstić information content (AvgIpc) is 2.87. The van der Waals surface area contributed by atoms with Crippen LogP contribution in [0.2, 0.25) is 0 Å². The van der Waals surface area contributed by atoms with E-state index in [1.807, 2.05) is 13.8 Å². The van der Waals surface area contributed by atoms with Crippen molar-refractivity contribution in [2.45, 2.75) is 45.6 Å². The fourth-order valence-electron chi connectivity index (χ4n) is 2.80. The van der Waals surface area contributed by atoms with E-state index in [0.717, 1.165) is 19.4 Å². The van der Waals surface area contributed by atoms with Crippen LogP contribution in [0.1, 0.15) is 45.6 Å². The molecular formula is C14H24N4O. The van der Waals surface area contributed by atoms with Gasteiger partial charge in [0.05, 0.1) is 0 Å². The molecule has 1 aromatic heterocycles. The summed E-state index contributed by atoms with van der Waals surface area (Å²) in [4.78, 5) is 16.4. The van der Waals surface area contributed by atoms with Gasteiger partial charge in [0.1, 0.15) is 0 Å². The van der Waals surface area contributed by atoms with Crippen LogP contribution in [0.5, 0.6) is 0 Å². The van der Waals surface area contributed by atoms with Gasteiger partial charge < -0.3 is 15.6 Å². The van der Waals surface area contributed by atoms with Crippen LogP contribution in [0.25, 0.3) is 0 Å². The number of nitrogens with zero attached hydrogens (tertiary/aromatic N) is 2. The van der Waals surface area contributed by atoms with Crippen molar-refractivity contribution < 1.29 is 0 Å². The number of anilines is 1. The molecule has 0 radical (unpaired) electrons. The highest BCUT2D eigenvalue weighted by molar-refractivity contribution is 5.31. The van der Waals surface area contributed by atoms with Crippen molar-refractivity contribution in [1.82, 2.24) is 9.55 Å². The molecule has 0 amide bonds. The first-order chi connectivity index (χ1) is 9.08. The van der Waals surface area contributed by atoms with Gasteiger partial charge in [-0.15, -0.1) is 0 Å². The van der Waals surface area contributed by atoms with Gasteiger partial charge in [-0.2, -0.15) is 0 Å². The van der Waals surface area contributed by atoms with E-state index in [0.29, 0.717) is 12.4 Å². The van der Waals surface area contributed by atoms with Crippen LogP contribution in [-0.2, 0) is 0 Å². The lowest BCUT2D eigenvalue weighted by Gasteiger charge is -2.27. The van der Waals surface area contributed by atoms with Crippen molar-refractivity contribution >= 4 is 5.82 Å². The van der Waals surface area contributed by atoms with Crippen LogP contribution >= 0.6 is 0 Å². The first kappa shape index (κ1) is 14.1. The van der Waals surface area contributed by atoms with Gasteiger partial charge in [0.25, 0.3) is 5.56 Å². The van der Waals surface area contributed by atoms with E-state index in [4.69, 9.17) is 5.73 Å². The summed E-state index contributed by atoms with van der Waals surface area (Å²) >= 11 is 0. The summed E-state index contributed by atoms with van der Waals surface area (Å²) in [6.45, 7) is 5.39. The number of nitrogens with one attached hydrogen (secondary N) is 1. The molecule has 0 aliphatic heterocycles. The fraction of sp³-hybridized carbons (Fsp3) is 0.714. The molecule has 1 aliphatic rings. The predicted molar refractivity (Wildman–Crippen MR) is 77.3 cm³/mol. The Labute approximate surface area is 114 Å². The molecule has 2 rings (SSSR count). The molecule has 0 bridgehead atoms. The minimum atomic E-state index is -0.0531. The summed E-state index contributed by atoms with van der Waals surface area (Å²) in [7, 11) is 0. The summed E-state index contributed by atoms with van der Waals surface area (Å²) < 4.78 is 1.69. The second-order valence-electron chi connectivity index (χ2n) is 5.85. The van der Waals surface area contributed by atoms with Gasteiger partial charge in [-0.05, 0) is 38.6 Å². The van der Waals surface area contributed by atoms with Crippen LogP contribution in [0, 0.1) is 5.41 Å². The molecule has 3 N–H and O–H groups in total. The summed E-state index contributed by atoms with van der Waals surface area (Å²) in [6, 6.07) is 0.144. The quantitative estimate of drug-likeness (QED) is 0.850. The third-order valence-electron chi connectivity index (χ3n) is 4.15. The van der Waals surface area contributed by atoms with Crippen molar-refractivity contribution in [3.8, 4) is 0 Å². The molecule has 0 spiro atoms. The highest BCUT2D eigenvalue weighted by atomic mass is 16.1. The zero-order valence-corrected chi connectivity index (χ0v) is 11.9. The number of rotatable bonds is 5. The van der Waals surface area contributed by atoms with Gasteiger partial charge in [-0.3, -0.25) is 4.79 Å². The van der Waals surface area contributed by atoms with Crippen molar-refractivity contribution in [2.24, 2.45) is 11.1 Å². The second-order valence-corrected chi connectivity index (χ2v) is 5.85. The SMILES string of the molecule is CC(C)n1ccnc(NCC2(CN)CCCC2)c1=O. The van der Waals surface area contributed by atoms with Gasteiger partial charge in [0, 0.05) is 25.0 Å². The molecule has 19 heavy (non-hydrogen) atoms. The lowest BCUT2D eigenvalue weighted by Crippen LogP contribution is -2.36. The third-order valence-corrected chi connectivity index (χ3v) is 4.15. The van der Waals surface area contributed by atoms with Gasteiger partial charge >= 0.3 is 0 Å². The van der Waals surface area contributed by atoms with E-state index in [-0.39, 0.29) is 17.0 Å². The summed E-state index contributed by atoms with van der Waals surface area (Å²) in [5.74, 6) is 0.441. The maximum absolute atomic E-state index is 12.2. The number of aromatic nitrogens is 2. The number of nitrogens with two attached hydrogens (primary N) is 1. The minimum Gasteiger partial charge on any atom is -0.365 e. The van der Waals surface area contributed by atoms with E-state index in [1.54, 1.807) is 17.0 Å². The van der Waals surface area contributed by atoms with Gasteiger partial charge in [-0.1, -0.05) is 12.8 Å². The fourth-order valence-corrected chi connectivity index (χ4v) is 2.80. The third kappa shape index (κ3) is 2.97. The summed E-state index contributed by atoms with van der Waals surface area (Å²) in [6.07, 6.45) is 8.15. The summed E-state index contributed by atoms with van der Waals surface area (Å²) in [5, 5.41) is 3.22. The molecule has 5 nitrogen and oxygen atoms in total. The Balaban J connectivity index is 2.11. The standard InChI is InChI=1S/C14H24N4O/c1-11(2)18-8-7-16-12(13(18)19)17-10-14(9-15)5-3-4-6-14/h7-8,11H,3-6,9-10,15H2,1-2H3,(H,16,17). The van der Waals surface area contributed by atoms with E-state index in [1.165, 1.54) is 12.8 Å². The number of hydrogen-bond donors (Lipinski definition) is 2. The molecule has 1 aromatic rings. The Morgan fingerprint density at radius 2 is 2.16 bits per heavy atom. The van der Waals surface area contributed by atoms with Crippen molar-refractivity contribution in [3.63, 3.8) is 0 Å². The van der Waals surface area contributed by atoms with E-state index < -0.39 is 0 Å². The smallest absolute Gasteiger partial charge is 0.293 e. The van der Waals surface area contributed by atoms with Gasteiger partial charge in [-0.25, -0.2) is 4.98 Å². The Hall–Kier alpha value is -1.36. The molecule has 0 unspecified atom stereocenters. The Morgan fingerprint density at radius 1 is 1.47 bits per heavy atom. The van der Waals surface area contributed by atoms with E-state index in [9.17, 15) is 4.79 Å². The first-order valence-corrected chi connectivity index (χ1v) is 7.09. The molecular weight excluding hydrogens is 240 g/mol. The first-order valence-electron chi connectivity index (χ1n) is 7.09. The summed E-state index contributed by atoms with van der Waals surface area (Å²) in [5.41, 5.74) is 6.00. The lowest BCUT2D eigenvalue weighted by atomic mass is 9.86. The van der Waals surface area contributed by atoms with Crippen LogP contribution < -0.4 is 16.6 Å². The predicted octanol–water partition coefficient (Wildman–Crippen LogP) is 1.76. The van der Waals surface area contributed by atoms with Crippen LogP contribution in [0.4, 0.5) is 5.82 Å². The van der Waals surface area contributed by atoms with Crippen molar-refractivity contribution in [3.05, 3.63) is 22.7 Å². The van der Waals surface area contributed by atoms with E-state index in [2.05, 4.69) is 10.3 Å². The molecule has 1 heterocycles.